The van der Waals surface area contributed by atoms with Gasteiger partial charge >= 0.3 is 6.09 Å². The van der Waals surface area contributed by atoms with E-state index >= 15 is 0 Å². The number of ether oxygens (including phenoxy) is 2. The highest BCUT2D eigenvalue weighted by molar-refractivity contribution is 5.69. The van der Waals surface area contributed by atoms with Crippen molar-refractivity contribution in [1.82, 2.24) is 14.5 Å². The fraction of sp³-hybridized carbons (Fsp3) is 0.484. The molecule has 7 heteroatoms. The van der Waals surface area contributed by atoms with Crippen molar-refractivity contribution in [2.24, 2.45) is 11.1 Å². The topological polar surface area (TPSA) is 82.6 Å². The number of imidazole rings is 1. The van der Waals surface area contributed by atoms with Crippen LogP contribution in [0.3, 0.4) is 0 Å². The van der Waals surface area contributed by atoms with E-state index in [2.05, 4.69) is 55.8 Å². The molecular formula is C31H40N4O3. The molecule has 1 amide bonds. The lowest BCUT2D eigenvalue weighted by Gasteiger charge is -2.40. The Hall–Kier alpha value is -3.16. The number of hydrogen-bond donors (Lipinski definition) is 1. The van der Waals surface area contributed by atoms with Crippen LogP contribution in [0, 0.1) is 5.41 Å². The molecule has 2 fully saturated rings. The Balaban J connectivity index is 1.56. The summed E-state index contributed by atoms with van der Waals surface area (Å²) in [6.07, 6.45) is 5.57. The summed E-state index contributed by atoms with van der Waals surface area (Å²) in [5.74, 6) is 0.839. The van der Waals surface area contributed by atoms with Gasteiger partial charge in [-0.05, 0) is 36.7 Å². The van der Waals surface area contributed by atoms with Crippen LogP contribution in [0.4, 0.5) is 4.79 Å². The number of carbonyl (C=O) groups excluding carboxylic acids is 1. The van der Waals surface area contributed by atoms with Gasteiger partial charge in [-0.25, -0.2) is 9.78 Å². The van der Waals surface area contributed by atoms with Gasteiger partial charge in [0.05, 0.1) is 18.3 Å². The highest BCUT2D eigenvalue weighted by atomic mass is 16.7. The van der Waals surface area contributed by atoms with Gasteiger partial charge in [-0.1, -0.05) is 81.4 Å². The third-order valence-electron chi connectivity index (χ3n) is 7.55. The van der Waals surface area contributed by atoms with Crippen LogP contribution in [0.25, 0.3) is 11.3 Å². The number of amides is 1. The van der Waals surface area contributed by atoms with Crippen LogP contribution in [0.1, 0.15) is 70.3 Å². The van der Waals surface area contributed by atoms with Crippen molar-refractivity contribution in [2.75, 3.05) is 13.2 Å². The molecule has 7 nitrogen and oxygen atoms in total. The summed E-state index contributed by atoms with van der Waals surface area (Å²) in [6, 6.07) is 20.2. The summed E-state index contributed by atoms with van der Waals surface area (Å²) >= 11 is 0. The largest absolute Gasteiger partial charge is 0.419 e. The lowest BCUT2D eigenvalue weighted by molar-refractivity contribution is -0.0854. The van der Waals surface area contributed by atoms with Crippen LogP contribution < -0.4 is 5.73 Å². The molecule has 0 bridgehead atoms. The van der Waals surface area contributed by atoms with Crippen molar-refractivity contribution in [3.63, 3.8) is 0 Å². The van der Waals surface area contributed by atoms with Gasteiger partial charge in [-0.15, -0.1) is 0 Å². The fourth-order valence-electron chi connectivity index (χ4n) is 5.20. The number of rotatable bonds is 9. The predicted molar refractivity (Wildman–Crippen MR) is 148 cm³/mol. The Kier molecular flexibility index (Phi) is 7.59. The predicted octanol–water partition coefficient (Wildman–Crippen LogP) is 6.14. The number of carbonyl (C=O) groups is 1. The van der Waals surface area contributed by atoms with Crippen molar-refractivity contribution in [2.45, 2.75) is 77.3 Å². The van der Waals surface area contributed by atoms with Gasteiger partial charge in [-0.2, -0.15) is 0 Å². The third-order valence-corrected chi connectivity index (χ3v) is 7.55. The van der Waals surface area contributed by atoms with E-state index in [-0.39, 0.29) is 23.1 Å². The monoisotopic (exact) mass is 516 g/mol. The minimum Gasteiger partial charge on any atom is -0.419 e. The first-order valence-corrected chi connectivity index (χ1v) is 13.8. The zero-order valence-corrected chi connectivity index (χ0v) is 22.8. The molecule has 2 atom stereocenters. The highest BCUT2D eigenvalue weighted by Gasteiger charge is 2.43. The number of nitrogens with zero attached hydrogens (tertiary/aromatic N) is 3. The fourth-order valence-corrected chi connectivity index (χ4v) is 5.20. The summed E-state index contributed by atoms with van der Waals surface area (Å²) in [6.45, 7) is 8.24. The van der Waals surface area contributed by atoms with Crippen molar-refractivity contribution < 1.29 is 14.3 Å². The first-order valence-electron chi connectivity index (χ1n) is 13.8. The van der Waals surface area contributed by atoms with Crippen LogP contribution >= 0.6 is 0 Å². The van der Waals surface area contributed by atoms with E-state index in [0.29, 0.717) is 19.7 Å². The van der Waals surface area contributed by atoms with E-state index in [0.717, 1.165) is 49.2 Å². The molecule has 0 unspecified atom stereocenters. The number of nitrogens with two attached hydrogens (primary N) is 1. The van der Waals surface area contributed by atoms with E-state index in [1.54, 1.807) is 0 Å². The van der Waals surface area contributed by atoms with Gasteiger partial charge in [0.1, 0.15) is 5.82 Å². The first-order chi connectivity index (χ1) is 18.2. The van der Waals surface area contributed by atoms with Gasteiger partial charge in [0.25, 0.3) is 0 Å². The summed E-state index contributed by atoms with van der Waals surface area (Å²) in [5, 5.41) is 0. The van der Waals surface area contributed by atoms with Gasteiger partial charge in [0.15, 0.2) is 0 Å². The molecular weight excluding hydrogens is 476 g/mol. The van der Waals surface area contributed by atoms with E-state index < -0.39 is 6.29 Å². The molecule has 38 heavy (non-hydrogen) atoms. The van der Waals surface area contributed by atoms with Crippen LogP contribution in [0.2, 0.25) is 0 Å². The van der Waals surface area contributed by atoms with E-state index in [9.17, 15) is 4.79 Å². The molecule has 3 aromatic rings. The van der Waals surface area contributed by atoms with Crippen molar-refractivity contribution in [3.05, 3.63) is 78.2 Å². The lowest BCUT2D eigenvalue weighted by Crippen LogP contribution is -2.45. The van der Waals surface area contributed by atoms with Gasteiger partial charge < -0.3 is 19.8 Å². The van der Waals surface area contributed by atoms with Gasteiger partial charge in [-0.3, -0.25) is 4.90 Å². The minimum atomic E-state index is -0.498. The molecule has 1 aromatic heterocycles. The maximum absolute atomic E-state index is 13.8. The second-order valence-electron chi connectivity index (χ2n) is 11.9. The Labute approximate surface area is 226 Å². The summed E-state index contributed by atoms with van der Waals surface area (Å²) in [4.78, 5) is 20.8. The van der Waals surface area contributed by atoms with Gasteiger partial charge in [0, 0.05) is 36.8 Å². The molecule has 2 aliphatic rings. The van der Waals surface area contributed by atoms with Crippen LogP contribution in [0.5, 0.6) is 0 Å². The van der Waals surface area contributed by atoms with Crippen LogP contribution in [0.15, 0.2) is 66.9 Å². The normalized spacial score (nSPS) is 19.2. The van der Waals surface area contributed by atoms with Gasteiger partial charge in [0.2, 0.25) is 6.29 Å². The van der Waals surface area contributed by atoms with Crippen molar-refractivity contribution in [1.29, 1.82) is 0 Å². The molecule has 1 aliphatic carbocycles. The van der Waals surface area contributed by atoms with Crippen molar-refractivity contribution in [3.8, 4) is 11.3 Å². The molecule has 202 valence electrons. The Morgan fingerprint density at radius 2 is 1.84 bits per heavy atom. The van der Waals surface area contributed by atoms with E-state index in [1.165, 1.54) is 5.56 Å². The highest BCUT2D eigenvalue weighted by Crippen LogP contribution is 2.42. The number of hydrogen-bond acceptors (Lipinski definition) is 5. The maximum Gasteiger partial charge on any atom is 0.412 e. The molecule has 2 aromatic carbocycles. The number of benzene rings is 2. The molecule has 0 radical (unpaired) electrons. The SMILES string of the molecule is CC(C)(C)[C@H](c1nc(-c2ccccc2)cn1Cc1ccccc1)N(CCC1(N)CC1)C(=O)O[C@H]1CCCO1. The average Bonchev–Trinajstić information content (AvgIpc) is 3.24. The first kappa shape index (κ1) is 26.4. The maximum atomic E-state index is 13.8. The molecule has 0 spiro atoms. The zero-order chi connectivity index (χ0) is 26.8. The quantitative estimate of drug-likeness (QED) is 0.369. The third kappa shape index (κ3) is 6.27. The molecule has 2 N–H and O–H groups in total. The van der Waals surface area contributed by atoms with Crippen LogP contribution in [-0.2, 0) is 16.0 Å². The lowest BCUT2D eigenvalue weighted by atomic mass is 9.84. The second kappa shape index (κ2) is 10.9. The molecule has 2 heterocycles. The molecule has 1 aliphatic heterocycles. The van der Waals surface area contributed by atoms with E-state index in [1.807, 2.05) is 41.3 Å². The summed E-state index contributed by atoms with van der Waals surface area (Å²) < 4.78 is 13.7. The zero-order valence-electron chi connectivity index (χ0n) is 22.8. The smallest absolute Gasteiger partial charge is 0.412 e. The molecule has 1 saturated heterocycles. The van der Waals surface area contributed by atoms with E-state index in [4.69, 9.17) is 20.2 Å². The Morgan fingerprint density at radius 3 is 2.45 bits per heavy atom. The summed E-state index contributed by atoms with van der Waals surface area (Å²) in [7, 11) is 0. The molecule has 5 rings (SSSR count). The molecule has 1 saturated carbocycles. The standard InChI is InChI=1S/C31H40N4O3/c1-30(2,3)27(35(19-18-31(32)16-17-31)29(36)38-26-15-10-20-37-26)28-33-25(24-13-8-5-9-14-24)22-34(28)21-23-11-6-4-7-12-23/h4-9,11-14,22,26-27H,10,15-21,32H2,1-3H3/t26-,27-/m0/s1. The summed E-state index contributed by atoms with van der Waals surface area (Å²) in [5.41, 5.74) is 9.07. The second-order valence-corrected chi connectivity index (χ2v) is 11.9. The number of aromatic nitrogens is 2. The van der Waals surface area contributed by atoms with Crippen molar-refractivity contribution >= 4 is 6.09 Å². The Bertz CT molecular complexity index is 1210. The minimum absolute atomic E-state index is 0.195. The average molecular weight is 517 g/mol. The Morgan fingerprint density at radius 1 is 1.16 bits per heavy atom. The van der Waals surface area contributed by atoms with Crippen LogP contribution in [-0.4, -0.2) is 45.5 Å².